The SMILES string of the molecule is C/C=C(\CNc1ccccc1)c1ccccc1C. The first-order valence-electron chi connectivity index (χ1n) is 6.31. The molecule has 2 aromatic rings. The first kappa shape index (κ1) is 12.4. The minimum atomic E-state index is 0.853. The summed E-state index contributed by atoms with van der Waals surface area (Å²) in [5.74, 6) is 0. The molecule has 92 valence electrons. The van der Waals surface area contributed by atoms with Crippen LogP contribution in [0.5, 0.6) is 0 Å². The van der Waals surface area contributed by atoms with Gasteiger partial charge in [0, 0.05) is 12.2 Å². The molecule has 0 atom stereocenters. The van der Waals surface area contributed by atoms with Crippen molar-refractivity contribution in [1.82, 2.24) is 0 Å². The second-order valence-electron chi connectivity index (χ2n) is 4.35. The number of benzene rings is 2. The van der Waals surface area contributed by atoms with Gasteiger partial charge in [-0.1, -0.05) is 48.5 Å². The molecule has 0 saturated heterocycles. The van der Waals surface area contributed by atoms with Crippen LogP contribution in [0.25, 0.3) is 5.57 Å². The molecule has 2 aromatic carbocycles. The molecule has 0 amide bonds. The molecule has 18 heavy (non-hydrogen) atoms. The molecular weight excluding hydrogens is 218 g/mol. The van der Waals surface area contributed by atoms with Crippen LogP contribution in [0.2, 0.25) is 0 Å². The highest BCUT2D eigenvalue weighted by molar-refractivity contribution is 5.71. The van der Waals surface area contributed by atoms with Gasteiger partial charge in [0.15, 0.2) is 0 Å². The highest BCUT2D eigenvalue weighted by atomic mass is 14.9. The topological polar surface area (TPSA) is 12.0 Å². The first-order valence-corrected chi connectivity index (χ1v) is 6.31. The van der Waals surface area contributed by atoms with Crippen LogP contribution in [0, 0.1) is 6.92 Å². The van der Waals surface area contributed by atoms with Crippen LogP contribution in [0.3, 0.4) is 0 Å². The second kappa shape index (κ2) is 6.06. The summed E-state index contributed by atoms with van der Waals surface area (Å²) in [5.41, 5.74) is 5.13. The van der Waals surface area contributed by atoms with E-state index in [1.165, 1.54) is 16.7 Å². The largest absolute Gasteiger partial charge is 0.381 e. The summed E-state index contributed by atoms with van der Waals surface area (Å²) in [6, 6.07) is 18.8. The third kappa shape index (κ3) is 3.01. The molecule has 0 aromatic heterocycles. The Morgan fingerprint density at radius 1 is 1.00 bits per heavy atom. The van der Waals surface area contributed by atoms with E-state index < -0.39 is 0 Å². The van der Waals surface area contributed by atoms with Gasteiger partial charge in [-0.05, 0) is 42.7 Å². The number of rotatable bonds is 4. The molecule has 0 fully saturated rings. The highest BCUT2D eigenvalue weighted by Gasteiger charge is 2.03. The standard InChI is InChI=1S/C17H19N/c1-3-15(17-12-8-7-9-14(17)2)13-18-16-10-5-4-6-11-16/h3-12,18H,13H2,1-2H3/b15-3+. The van der Waals surface area contributed by atoms with E-state index in [0.29, 0.717) is 0 Å². The first-order chi connectivity index (χ1) is 8.81. The van der Waals surface area contributed by atoms with E-state index in [9.17, 15) is 0 Å². The Kier molecular flexibility index (Phi) is 4.19. The molecule has 1 N–H and O–H groups in total. The lowest BCUT2D eigenvalue weighted by molar-refractivity contribution is 1.30. The Hall–Kier alpha value is -2.02. The van der Waals surface area contributed by atoms with E-state index in [1.54, 1.807) is 0 Å². The van der Waals surface area contributed by atoms with Crippen LogP contribution in [0.1, 0.15) is 18.1 Å². The lowest BCUT2D eigenvalue weighted by Gasteiger charge is -2.12. The Bertz CT molecular complexity index is 526. The van der Waals surface area contributed by atoms with Crippen LogP contribution >= 0.6 is 0 Å². The summed E-state index contributed by atoms with van der Waals surface area (Å²) < 4.78 is 0. The minimum absolute atomic E-state index is 0.853. The third-order valence-electron chi connectivity index (χ3n) is 3.10. The Morgan fingerprint density at radius 2 is 1.67 bits per heavy atom. The van der Waals surface area contributed by atoms with E-state index in [2.05, 4.69) is 61.6 Å². The summed E-state index contributed by atoms with van der Waals surface area (Å²) in [7, 11) is 0. The third-order valence-corrected chi connectivity index (χ3v) is 3.10. The molecule has 1 nitrogen and oxygen atoms in total. The van der Waals surface area contributed by atoms with E-state index in [1.807, 2.05) is 18.2 Å². The zero-order valence-corrected chi connectivity index (χ0v) is 11.0. The molecule has 0 aliphatic heterocycles. The van der Waals surface area contributed by atoms with E-state index in [0.717, 1.165) is 12.2 Å². The maximum absolute atomic E-state index is 3.45. The molecule has 0 aliphatic carbocycles. The Balaban J connectivity index is 2.10. The number of allylic oxidation sites excluding steroid dienone is 1. The van der Waals surface area contributed by atoms with Crippen molar-refractivity contribution >= 4 is 11.3 Å². The van der Waals surface area contributed by atoms with Crippen molar-refractivity contribution in [3.63, 3.8) is 0 Å². The quantitative estimate of drug-likeness (QED) is 0.825. The summed E-state index contributed by atoms with van der Waals surface area (Å²) in [5, 5.41) is 3.45. The average molecular weight is 237 g/mol. The van der Waals surface area contributed by atoms with Gasteiger partial charge < -0.3 is 5.32 Å². The molecule has 0 heterocycles. The van der Waals surface area contributed by atoms with Gasteiger partial charge in [0.1, 0.15) is 0 Å². The number of hydrogen-bond donors (Lipinski definition) is 1. The molecule has 0 unspecified atom stereocenters. The highest BCUT2D eigenvalue weighted by Crippen LogP contribution is 2.19. The lowest BCUT2D eigenvalue weighted by Crippen LogP contribution is -2.04. The fourth-order valence-corrected chi connectivity index (χ4v) is 2.04. The van der Waals surface area contributed by atoms with Gasteiger partial charge in [-0.15, -0.1) is 0 Å². The number of para-hydroxylation sites is 1. The van der Waals surface area contributed by atoms with Crippen LogP contribution in [0.4, 0.5) is 5.69 Å². The minimum Gasteiger partial charge on any atom is -0.381 e. The monoisotopic (exact) mass is 237 g/mol. The number of nitrogens with one attached hydrogen (secondary N) is 1. The summed E-state index contributed by atoms with van der Waals surface area (Å²) in [6.45, 7) is 5.10. The van der Waals surface area contributed by atoms with Crippen LogP contribution in [0.15, 0.2) is 60.7 Å². The number of hydrogen-bond acceptors (Lipinski definition) is 1. The van der Waals surface area contributed by atoms with Crippen molar-refractivity contribution < 1.29 is 0 Å². The average Bonchev–Trinajstić information content (AvgIpc) is 2.42. The molecule has 2 rings (SSSR count). The van der Waals surface area contributed by atoms with Gasteiger partial charge in [-0.25, -0.2) is 0 Å². The molecule has 0 bridgehead atoms. The Morgan fingerprint density at radius 3 is 2.33 bits per heavy atom. The van der Waals surface area contributed by atoms with E-state index >= 15 is 0 Å². The van der Waals surface area contributed by atoms with Crippen LogP contribution in [-0.2, 0) is 0 Å². The second-order valence-corrected chi connectivity index (χ2v) is 4.35. The van der Waals surface area contributed by atoms with Crippen LogP contribution in [-0.4, -0.2) is 6.54 Å². The zero-order valence-electron chi connectivity index (χ0n) is 11.0. The van der Waals surface area contributed by atoms with Gasteiger partial charge in [0.05, 0.1) is 0 Å². The zero-order chi connectivity index (χ0) is 12.8. The molecule has 0 aliphatic rings. The van der Waals surface area contributed by atoms with Crippen LogP contribution < -0.4 is 5.32 Å². The predicted molar refractivity (Wildman–Crippen MR) is 79.8 cm³/mol. The van der Waals surface area contributed by atoms with Gasteiger partial charge in [0.25, 0.3) is 0 Å². The molecule has 1 heteroatoms. The van der Waals surface area contributed by atoms with Gasteiger partial charge in [0.2, 0.25) is 0 Å². The van der Waals surface area contributed by atoms with Crippen molar-refractivity contribution in [2.45, 2.75) is 13.8 Å². The van der Waals surface area contributed by atoms with Crippen molar-refractivity contribution in [3.8, 4) is 0 Å². The van der Waals surface area contributed by atoms with Gasteiger partial charge in [-0.3, -0.25) is 0 Å². The lowest BCUT2D eigenvalue weighted by atomic mass is 10.0. The number of anilines is 1. The van der Waals surface area contributed by atoms with E-state index in [4.69, 9.17) is 0 Å². The predicted octanol–water partition coefficient (Wildman–Crippen LogP) is 4.51. The molecular formula is C17H19N. The van der Waals surface area contributed by atoms with Crippen molar-refractivity contribution in [2.75, 3.05) is 11.9 Å². The summed E-state index contributed by atoms with van der Waals surface area (Å²) in [6.07, 6.45) is 2.18. The smallest absolute Gasteiger partial charge is 0.0403 e. The van der Waals surface area contributed by atoms with Gasteiger partial charge in [-0.2, -0.15) is 0 Å². The van der Waals surface area contributed by atoms with Crippen molar-refractivity contribution in [1.29, 1.82) is 0 Å². The Labute approximate surface area is 109 Å². The number of aryl methyl sites for hydroxylation is 1. The van der Waals surface area contributed by atoms with Gasteiger partial charge >= 0.3 is 0 Å². The normalized spacial score (nSPS) is 11.3. The maximum Gasteiger partial charge on any atom is 0.0403 e. The van der Waals surface area contributed by atoms with Crippen molar-refractivity contribution in [2.24, 2.45) is 0 Å². The van der Waals surface area contributed by atoms with Crippen molar-refractivity contribution in [3.05, 3.63) is 71.8 Å². The fourth-order valence-electron chi connectivity index (χ4n) is 2.04. The fraction of sp³-hybridized carbons (Fsp3) is 0.176. The summed E-state index contributed by atoms with van der Waals surface area (Å²) >= 11 is 0. The molecule has 0 radical (unpaired) electrons. The van der Waals surface area contributed by atoms with E-state index in [-0.39, 0.29) is 0 Å². The maximum atomic E-state index is 3.45. The summed E-state index contributed by atoms with van der Waals surface area (Å²) in [4.78, 5) is 0. The molecule has 0 spiro atoms. The molecule has 0 saturated carbocycles.